The first-order valence-corrected chi connectivity index (χ1v) is 11.2. The quantitative estimate of drug-likeness (QED) is 0.387. The normalized spacial score (nSPS) is 12.5. The average Bonchev–Trinajstić information content (AvgIpc) is 3.23. The monoisotopic (exact) mass is 434 g/mol. The molecule has 1 aromatic carbocycles. The zero-order valence-corrected chi connectivity index (χ0v) is 19.2. The van der Waals surface area contributed by atoms with Crippen LogP contribution in [0.25, 0.3) is 22.1 Å². The third-order valence-electron chi connectivity index (χ3n) is 6.04. The predicted octanol–water partition coefficient (Wildman–Crippen LogP) is 4.34. The van der Waals surface area contributed by atoms with E-state index >= 15 is 0 Å². The predicted molar refractivity (Wildman–Crippen MR) is 126 cm³/mol. The number of aryl methyl sites for hydroxylation is 2. The number of fused-ring (bicyclic) bond motifs is 2. The molecule has 4 rings (SSSR count). The van der Waals surface area contributed by atoms with E-state index in [0.717, 1.165) is 28.4 Å². The maximum atomic E-state index is 13.7. The standard InChI is InChI=1S/C25H30N4O3/c1-5-9-19(14-22(30)32-6-2)29-21-12-8-13-26-24(21)28(25(29)31)16-18-15-27(4)20-11-7-10-17(3)23(18)20/h7-8,10-13,15,19H,5-6,9,14,16H2,1-4H3. The summed E-state index contributed by atoms with van der Waals surface area (Å²) >= 11 is 0. The number of hydrogen-bond acceptors (Lipinski definition) is 4. The number of imidazole rings is 1. The first-order chi connectivity index (χ1) is 15.5. The number of pyridine rings is 1. The number of benzene rings is 1. The number of nitrogens with zero attached hydrogens (tertiary/aromatic N) is 4. The molecule has 1 unspecified atom stereocenters. The lowest BCUT2D eigenvalue weighted by atomic mass is 10.1. The molecule has 0 aliphatic heterocycles. The minimum Gasteiger partial charge on any atom is -0.466 e. The molecular weight excluding hydrogens is 404 g/mol. The Labute approximate surface area is 187 Å². The molecule has 168 valence electrons. The lowest BCUT2D eigenvalue weighted by Gasteiger charge is -2.17. The van der Waals surface area contributed by atoms with Gasteiger partial charge in [0.25, 0.3) is 0 Å². The van der Waals surface area contributed by atoms with Gasteiger partial charge in [0.1, 0.15) is 0 Å². The Morgan fingerprint density at radius 2 is 1.94 bits per heavy atom. The summed E-state index contributed by atoms with van der Waals surface area (Å²) < 4.78 is 10.7. The molecule has 0 bridgehead atoms. The minimum atomic E-state index is -0.285. The molecule has 0 aliphatic carbocycles. The Hall–Kier alpha value is -3.35. The summed E-state index contributed by atoms with van der Waals surface area (Å²) in [6, 6.07) is 9.69. The Balaban J connectivity index is 1.85. The molecule has 0 spiro atoms. The summed E-state index contributed by atoms with van der Waals surface area (Å²) in [5.41, 5.74) is 4.62. The lowest BCUT2D eigenvalue weighted by molar-refractivity contribution is -0.144. The van der Waals surface area contributed by atoms with E-state index in [1.54, 1.807) is 22.3 Å². The van der Waals surface area contributed by atoms with Crippen molar-refractivity contribution in [1.29, 1.82) is 0 Å². The van der Waals surface area contributed by atoms with Crippen molar-refractivity contribution in [2.75, 3.05) is 6.61 Å². The summed E-state index contributed by atoms with van der Waals surface area (Å²) in [5, 5.41) is 1.16. The van der Waals surface area contributed by atoms with Crippen LogP contribution in [0.1, 0.15) is 50.3 Å². The second kappa shape index (κ2) is 9.02. The van der Waals surface area contributed by atoms with Crippen molar-refractivity contribution in [2.45, 2.75) is 52.6 Å². The molecule has 0 fully saturated rings. The number of rotatable bonds is 8. The second-order valence-electron chi connectivity index (χ2n) is 8.27. The fourth-order valence-electron chi connectivity index (χ4n) is 4.69. The molecule has 0 amide bonds. The Morgan fingerprint density at radius 3 is 2.69 bits per heavy atom. The van der Waals surface area contributed by atoms with Crippen LogP contribution in [0.4, 0.5) is 0 Å². The van der Waals surface area contributed by atoms with Crippen molar-refractivity contribution in [2.24, 2.45) is 7.05 Å². The number of carbonyl (C=O) groups is 1. The molecule has 1 atom stereocenters. The second-order valence-corrected chi connectivity index (χ2v) is 8.27. The summed E-state index contributed by atoms with van der Waals surface area (Å²) in [7, 11) is 2.02. The topological polar surface area (TPSA) is 71.0 Å². The third kappa shape index (κ3) is 3.83. The van der Waals surface area contributed by atoms with Crippen LogP contribution in [0, 0.1) is 6.92 Å². The first-order valence-electron chi connectivity index (χ1n) is 11.2. The molecule has 3 aromatic heterocycles. The average molecular weight is 435 g/mol. The molecule has 0 saturated heterocycles. The van der Waals surface area contributed by atoms with Crippen molar-refractivity contribution in [3.8, 4) is 0 Å². The van der Waals surface area contributed by atoms with Crippen molar-refractivity contribution in [3.05, 3.63) is 64.3 Å². The number of hydrogen-bond donors (Lipinski definition) is 0. The molecule has 7 heteroatoms. The SMILES string of the molecule is CCCC(CC(=O)OCC)n1c(=O)n(Cc2cn(C)c3cccc(C)c23)c2ncccc21. The molecule has 0 N–H and O–H groups in total. The van der Waals surface area contributed by atoms with Crippen molar-refractivity contribution >= 4 is 28.0 Å². The zero-order chi connectivity index (χ0) is 22.8. The van der Waals surface area contributed by atoms with E-state index in [2.05, 4.69) is 41.7 Å². The molecule has 3 heterocycles. The highest BCUT2D eigenvalue weighted by Crippen LogP contribution is 2.27. The highest BCUT2D eigenvalue weighted by molar-refractivity contribution is 5.87. The third-order valence-corrected chi connectivity index (χ3v) is 6.04. The van der Waals surface area contributed by atoms with Crippen LogP contribution in [0.15, 0.2) is 47.5 Å². The van der Waals surface area contributed by atoms with Gasteiger partial charge in [-0.15, -0.1) is 0 Å². The van der Waals surface area contributed by atoms with Crippen molar-refractivity contribution in [1.82, 2.24) is 18.7 Å². The van der Waals surface area contributed by atoms with Crippen LogP contribution in [0.2, 0.25) is 0 Å². The summed E-state index contributed by atoms with van der Waals surface area (Å²) in [6.45, 7) is 6.68. The Kier molecular flexibility index (Phi) is 6.17. The van der Waals surface area contributed by atoms with Gasteiger partial charge in [-0.05, 0) is 49.6 Å². The zero-order valence-electron chi connectivity index (χ0n) is 19.2. The van der Waals surface area contributed by atoms with E-state index in [-0.39, 0.29) is 24.1 Å². The molecule has 4 aromatic rings. The number of ether oxygens (including phenoxy) is 1. The van der Waals surface area contributed by atoms with Crippen LogP contribution < -0.4 is 5.69 Å². The summed E-state index contributed by atoms with van der Waals surface area (Å²) in [5.74, 6) is -0.285. The fourth-order valence-corrected chi connectivity index (χ4v) is 4.69. The molecule has 32 heavy (non-hydrogen) atoms. The number of carbonyl (C=O) groups excluding carboxylic acids is 1. The molecule has 0 aliphatic rings. The van der Waals surface area contributed by atoms with E-state index < -0.39 is 0 Å². The first kappa shape index (κ1) is 21.9. The van der Waals surface area contributed by atoms with Gasteiger partial charge in [0, 0.05) is 36.4 Å². The summed E-state index contributed by atoms with van der Waals surface area (Å²) in [4.78, 5) is 30.5. The maximum absolute atomic E-state index is 13.7. The van der Waals surface area contributed by atoms with E-state index in [9.17, 15) is 9.59 Å². The van der Waals surface area contributed by atoms with Crippen LogP contribution in [0.3, 0.4) is 0 Å². The van der Waals surface area contributed by atoms with Gasteiger partial charge >= 0.3 is 11.7 Å². The van der Waals surface area contributed by atoms with Gasteiger partial charge in [0.15, 0.2) is 5.65 Å². The van der Waals surface area contributed by atoms with Crippen LogP contribution in [-0.2, 0) is 23.1 Å². The Morgan fingerprint density at radius 1 is 1.16 bits per heavy atom. The van der Waals surface area contributed by atoms with E-state index in [4.69, 9.17) is 4.74 Å². The van der Waals surface area contributed by atoms with Gasteiger partial charge in [-0.25, -0.2) is 9.78 Å². The molecule has 0 saturated carbocycles. The number of aromatic nitrogens is 4. The van der Waals surface area contributed by atoms with Crippen LogP contribution in [0.5, 0.6) is 0 Å². The van der Waals surface area contributed by atoms with Gasteiger partial charge in [-0.2, -0.15) is 0 Å². The van der Waals surface area contributed by atoms with E-state index in [1.807, 2.05) is 25.2 Å². The minimum absolute atomic E-state index is 0.146. The van der Waals surface area contributed by atoms with Gasteiger partial charge in [0.2, 0.25) is 0 Å². The van der Waals surface area contributed by atoms with Crippen LogP contribution in [-0.4, -0.2) is 31.3 Å². The Bertz CT molecular complexity index is 1330. The van der Waals surface area contributed by atoms with Crippen LogP contribution >= 0.6 is 0 Å². The molecule has 7 nitrogen and oxygen atoms in total. The van der Waals surface area contributed by atoms with E-state index in [0.29, 0.717) is 25.2 Å². The van der Waals surface area contributed by atoms with Gasteiger partial charge < -0.3 is 9.30 Å². The maximum Gasteiger partial charge on any atom is 0.330 e. The van der Waals surface area contributed by atoms with Gasteiger partial charge in [-0.3, -0.25) is 13.9 Å². The summed E-state index contributed by atoms with van der Waals surface area (Å²) in [6.07, 6.45) is 5.52. The number of esters is 1. The lowest BCUT2D eigenvalue weighted by Crippen LogP contribution is -2.29. The fraction of sp³-hybridized carbons (Fsp3) is 0.400. The largest absolute Gasteiger partial charge is 0.466 e. The van der Waals surface area contributed by atoms with Crippen molar-refractivity contribution in [3.63, 3.8) is 0 Å². The van der Waals surface area contributed by atoms with E-state index in [1.165, 1.54) is 5.56 Å². The van der Waals surface area contributed by atoms with Gasteiger partial charge in [-0.1, -0.05) is 25.5 Å². The highest BCUT2D eigenvalue weighted by Gasteiger charge is 2.24. The molecular formula is C25H30N4O3. The van der Waals surface area contributed by atoms with Crippen molar-refractivity contribution < 1.29 is 9.53 Å². The smallest absolute Gasteiger partial charge is 0.330 e. The molecule has 0 radical (unpaired) electrons. The highest BCUT2D eigenvalue weighted by atomic mass is 16.5. The van der Waals surface area contributed by atoms with Gasteiger partial charge in [0.05, 0.1) is 25.1 Å².